The Bertz CT molecular complexity index is 565. The Morgan fingerprint density at radius 2 is 2.10 bits per heavy atom. The first-order valence-electron chi connectivity index (χ1n) is 6.05. The third-order valence-electron chi connectivity index (χ3n) is 3.03. The minimum atomic E-state index is -1.15. The number of nitrogens with one attached hydrogen (secondary N) is 1. The molecule has 0 spiro atoms. The van der Waals surface area contributed by atoms with Gasteiger partial charge in [-0.3, -0.25) is 4.98 Å². The summed E-state index contributed by atoms with van der Waals surface area (Å²) in [7, 11) is 1.65. The molecule has 2 aromatic rings. The molecule has 1 aromatic heterocycles. The number of rotatable bonds is 6. The zero-order valence-electron chi connectivity index (χ0n) is 11.0. The third-order valence-corrected chi connectivity index (χ3v) is 4.12. The van der Waals surface area contributed by atoms with Crippen molar-refractivity contribution in [2.75, 3.05) is 12.8 Å². The Morgan fingerprint density at radius 1 is 1.35 bits per heavy atom. The van der Waals surface area contributed by atoms with Crippen LogP contribution in [0.1, 0.15) is 5.56 Å². The van der Waals surface area contributed by atoms with Crippen molar-refractivity contribution in [3.63, 3.8) is 0 Å². The number of hydrogen-bond donors (Lipinski definition) is 2. The monoisotopic (exact) mass is 289 g/mol. The van der Waals surface area contributed by atoms with Crippen LogP contribution >= 0.6 is 11.8 Å². The van der Waals surface area contributed by atoms with Gasteiger partial charge in [-0.1, -0.05) is 30.3 Å². The molecule has 0 aliphatic carbocycles. The Balaban J connectivity index is 2.26. The molecule has 1 aromatic carbocycles. The van der Waals surface area contributed by atoms with E-state index in [0.29, 0.717) is 16.3 Å². The summed E-state index contributed by atoms with van der Waals surface area (Å²) in [6.45, 7) is 0. The number of carbonyl (C=O) groups is 1. The van der Waals surface area contributed by atoms with Crippen molar-refractivity contribution in [3.05, 3.63) is 54.5 Å². The van der Waals surface area contributed by atoms with E-state index in [9.17, 15) is 9.90 Å². The highest BCUT2D eigenvalue weighted by atomic mass is 32.2. The molecule has 0 radical (unpaired) electrons. The molecule has 1 heterocycles. The van der Waals surface area contributed by atoms with Crippen molar-refractivity contribution in [2.24, 2.45) is 0 Å². The molecule has 0 bridgehead atoms. The Kier molecular flexibility index (Phi) is 4.70. The van der Waals surface area contributed by atoms with Crippen LogP contribution in [0.15, 0.2) is 53.9 Å². The van der Waals surface area contributed by atoms with Crippen molar-refractivity contribution in [1.82, 2.24) is 15.3 Å². The molecule has 0 amide bonds. The van der Waals surface area contributed by atoms with Crippen LogP contribution in [0.5, 0.6) is 0 Å². The fourth-order valence-electron chi connectivity index (χ4n) is 1.86. The van der Waals surface area contributed by atoms with E-state index in [-0.39, 0.29) is 0 Å². The minimum absolute atomic E-state index is 0.321. The molecule has 104 valence electrons. The number of carboxylic acids is 1. The number of carboxylic acid groups (broad SMARTS) is 1. The van der Waals surface area contributed by atoms with Gasteiger partial charge < -0.3 is 10.4 Å². The van der Waals surface area contributed by atoms with Gasteiger partial charge in [0.15, 0.2) is 5.54 Å². The molecule has 0 fully saturated rings. The van der Waals surface area contributed by atoms with Crippen LogP contribution in [0.3, 0.4) is 0 Å². The smallest absolute Gasteiger partial charge is 0.329 e. The second-order valence-electron chi connectivity index (χ2n) is 4.16. The minimum Gasteiger partial charge on any atom is -0.480 e. The summed E-state index contributed by atoms with van der Waals surface area (Å²) in [5, 5.41) is 13.3. The molecule has 0 saturated heterocycles. The summed E-state index contributed by atoms with van der Waals surface area (Å²) >= 11 is 1.36. The van der Waals surface area contributed by atoms with Crippen LogP contribution < -0.4 is 5.32 Å². The van der Waals surface area contributed by atoms with E-state index in [0.717, 1.165) is 0 Å². The number of aliphatic carboxylic acids is 1. The normalized spacial score (nSPS) is 13.7. The molecule has 1 atom stereocenters. The van der Waals surface area contributed by atoms with Gasteiger partial charge in [0, 0.05) is 18.1 Å². The van der Waals surface area contributed by atoms with Gasteiger partial charge in [0.1, 0.15) is 5.03 Å². The van der Waals surface area contributed by atoms with Gasteiger partial charge in [-0.2, -0.15) is 0 Å². The quantitative estimate of drug-likeness (QED) is 0.789. The van der Waals surface area contributed by atoms with Crippen molar-refractivity contribution in [1.29, 1.82) is 0 Å². The first-order valence-corrected chi connectivity index (χ1v) is 7.04. The zero-order chi connectivity index (χ0) is 14.4. The van der Waals surface area contributed by atoms with Crippen molar-refractivity contribution in [2.45, 2.75) is 10.6 Å². The Hall–Kier alpha value is -1.92. The van der Waals surface area contributed by atoms with Crippen molar-refractivity contribution >= 4 is 17.7 Å². The van der Waals surface area contributed by atoms with Crippen LogP contribution in [0.4, 0.5) is 0 Å². The van der Waals surface area contributed by atoms with E-state index < -0.39 is 11.5 Å². The molecule has 2 rings (SSSR count). The Labute approximate surface area is 121 Å². The summed E-state index contributed by atoms with van der Waals surface area (Å²) in [5.74, 6) is -0.593. The second-order valence-corrected chi connectivity index (χ2v) is 5.15. The summed E-state index contributed by atoms with van der Waals surface area (Å²) in [5.41, 5.74) is -0.435. The maximum Gasteiger partial charge on any atom is 0.329 e. The van der Waals surface area contributed by atoms with Gasteiger partial charge in [-0.05, 0) is 12.6 Å². The molecule has 0 saturated carbocycles. The van der Waals surface area contributed by atoms with Gasteiger partial charge in [-0.25, -0.2) is 9.78 Å². The average molecular weight is 289 g/mol. The molecule has 0 aliphatic heterocycles. The van der Waals surface area contributed by atoms with Gasteiger partial charge >= 0.3 is 5.97 Å². The lowest BCUT2D eigenvalue weighted by Gasteiger charge is -2.29. The molecular formula is C14H15N3O2S. The number of thioether (sulfide) groups is 1. The molecule has 1 unspecified atom stereocenters. The summed E-state index contributed by atoms with van der Waals surface area (Å²) < 4.78 is 0. The van der Waals surface area contributed by atoms with Gasteiger partial charge in [0.2, 0.25) is 0 Å². The second kappa shape index (κ2) is 6.49. The van der Waals surface area contributed by atoms with E-state index in [1.807, 2.05) is 30.3 Å². The summed E-state index contributed by atoms with van der Waals surface area (Å²) in [6, 6.07) is 9.14. The van der Waals surface area contributed by atoms with E-state index in [1.165, 1.54) is 11.8 Å². The fourth-order valence-corrected chi connectivity index (χ4v) is 2.93. The van der Waals surface area contributed by atoms with E-state index in [2.05, 4.69) is 15.3 Å². The van der Waals surface area contributed by atoms with Crippen molar-refractivity contribution < 1.29 is 9.90 Å². The van der Waals surface area contributed by atoms with E-state index in [4.69, 9.17) is 0 Å². The maximum atomic E-state index is 11.8. The first kappa shape index (κ1) is 14.5. The van der Waals surface area contributed by atoms with Crippen LogP contribution in [0.25, 0.3) is 0 Å². The van der Waals surface area contributed by atoms with Gasteiger partial charge in [0.05, 0.1) is 6.20 Å². The number of hydrogen-bond acceptors (Lipinski definition) is 5. The van der Waals surface area contributed by atoms with Crippen LogP contribution in [-0.4, -0.2) is 33.8 Å². The summed E-state index contributed by atoms with van der Waals surface area (Å²) in [6.07, 6.45) is 4.80. The van der Waals surface area contributed by atoms with Gasteiger partial charge in [-0.15, -0.1) is 11.8 Å². The zero-order valence-corrected chi connectivity index (χ0v) is 11.8. The average Bonchev–Trinajstić information content (AvgIpc) is 2.50. The van der Waals surface area contributed by atoms with Crippen LogP contribution in [-0.2, 0) is 10.3 Å². The van der Waals surface area contributed by atoms with Crippen molar-refractivity contribution in [3.8, 4) is 0 Å². The number of aromatic nitrogens is 2. The van der Waals surface area contributed by atoms with E-state index >= 15 is 0 Å². The van der Waals surface area contributed by atoms with Gasteiger partial charge in [0.25, 0.3) is 0 Å². The van der Waals surface area contributed by atoms with Crippen LogP contribution in [0.2, 0.25) is 0 Å². The molecule has 2 N–H and O–H groups in total. The molecular weight excluding hydrogens is 274 g/mol. The lowest BCUT2D eigenvalue weighted by atomic mass is 9.92. The maximum absolute atomic E-state index is 11.8. The fraction of sp³-hybridized carbons (Fsp3) is 0.214. The SMILES string of the molecule is CNC(CSc1cnccn1)(C(=O)O)c1ccccc1. The highest BCUT2D eigenvalue weighted by Crippen LogP contribution is 2.28. The standard InChI is InChI=1S/C14H15N3O2S/c1-15-14(13(18)19,11-5-3-2-4-6-11)10-20-12-9-16-7-8-17-12/h2-9,15H,10H2,1H3,(H,18,19). The largest absolute Gasteiger partial charge is 0.480 e. The van der Waals surface area contributed by atoms with E-state index in [1.54, 1.807) is 25.6 Å². The first-order chi connectivity index (χ1) is 9.69. The summed E-state index contributed by atoms with van der Waals surface area (Å²) in [4.78, 5) is 19.9. The number of likely N-dealkylation sites (N-methyl/N-ethyl adjacent to an activating group) is 1. The molecule has 6 heteroatoms. The molecule has 0 aliphatic rings. The molecule has 5 nitrogen and oxygen atoms in total. The lowest BCUT2D eigenvalue weighted by Crippen LogP contribution is -2.49. The predicted molar refractivity (Wildman–Crippen MR) is 77.6 cm³/mol. The lowest BCUT2D eigenvalue weighted by molar-refractivity contribution is -0.144. The number of benzene rings is 1. The highest BCUT2D eigenvalue weighted by molar-refractivity contribution is 7.99. The predicted octanol–water partition coefficient (Wildman–Crippen LogP) is 1.77. The number of nitrogens with zero attached hydrogens (tertiary/aromatic N) is 2. The van der Waals surface area contributed by atoms with Crippen LogP contribution in [0, 0.1) is 0 Å². The Morgan fingerprint density at radius 3 is 2.65 bits per heavy atom. The topological polar surface area (TPSA) is 75.1 Å². The highest BCUT2D eigenvalue weighted by Gasteiger charge is 2.39. The third kappa shape index (κ3) is 2.97. The molecule has 20 heavy (non-hydrogen) atoms.